The number of carbonyl (C=O) groups excluding carboxylic acids is 4. The molecule has 0 aliphatic heterocycles. The Labute approximate surface area is 146 Å². The minimum Gasteiger partial charge on any atom is -0.468 e. The molecule has 0 heterocycles. The van der Waals surface area contributed by atoms with E-state index in [2.05, 4.69) is 20.7 Å². The van der Waals surface area contributed by atoms with Gasteiger partial charge in [-0.25, -0.2) is 0 Å². The first-order chi connectivity index (χ1) is 11.8. The summed E-state index contributed by atoms with van der Waals surface area (Å²) in [6.45, 7) is 2.52. The van der Waals surface area contributed by atoms with Gasteiger partial charge in [-0.3, -0.25) is 19.2 Å². The minimum absolute atomic E-state index is 0.242. The predicted molar refractivity (Wildman–Crippen MR) is 90.4 cm³/mol. The first kappa shape index (κ1) is 20.1. The molecule has 3 N–H and O–H groups in total. The van der Waals surface area contributed by atoms with Gasteiger partial charge >= 0.3 is 5.97 Å². The lowest BCUT2D eigenvalue weighted by molar-refractivity contribution is -0.141. The van der Waals surface area contributed by atoms with Crippen molar-refractivity contribution in [3.8, 4) is 0 Å². The van der Waals surface area contributed by atoms with Crippen LogP contribution in [0.15, 0.2) is 30.3 Å². The summed E-state index contributed by atoms with van der Waals surface area (Å²) < 4.78 is 4.47. The second-order valence-electron chi connectivity index (χ2n) is 5.47. The van der Waals surface area contributed by atoms with Crippen molar-refractivity contribution in [3.05, 3.63) is 35.9 Å². The zero-order chi connectivity index (χ0) is 18.8. The third-order valence-corrected chi connectivity index (χ3v) is 3.36. The molecule has 3 amide bonds. The standard InChI is InChI=1S/C17H23N3O5/c1-11(19-12(2)21)16(23)20-14(9-13-7-5-4-6-8-13)17(24)18-10-15(22)25-3/h4-8,11,14H,9-10H2,1-3H3,(H,18,24)(H,19,21)(H,20,23)/t11-,14-/m0/s1. The summed E-state index contributed by atoms with van der Waals surface area (Å²) in [6, 6.07) is 7.45. The minimum atomic E-state index is -0.893. The van der Waals surface area contributed by atoms with Gasteiger partial charge in [-0.05, 0) is 12.5 Å². The summed E-state index contributed by atoms with van der Waals surface area (Å²) >= 11 is 0. The zero-order valence-corrected chi connectivity index (χ0v) is 14.5. The van der Waals surface area contributed by atoms with Gasteiger partial charge in [-0.15, -0.1) is 0 Å². The number of benzene rings is 1. The number of carbonyl (C=O) groups is 4. The maximum Gasteiger partial charge on any atom is 0.325 e. The lowest BCUT2D eigenvalue weighted by Gasteiger charge is -2.21. The first-order valence-electron chi connectivity index (χ1n) is 7.79. The van der Waals surface area contributed by atoms with Gasteiger partial charge in [0.2, 0.25) is 17.7 Å². The van der Waals surface area contributed by atoms with Crippen LogP contribution in [0.3, 0.4) is 0 Å². The number of esters is 1. The van der Waals surface area contributed by atoms with Gasteiger partial charge in [0.15, 0.2) is 0 Å². The average molecular weight is 349 g/mol. The monoisotopic (exact) mass is 349 g/mol. The molecule has 0 saturated heterocycles. The van der Waals surface area contributed by atoms with Crippen molar-refractivity contribution in [1.82, 2.24) is 16.0 Å². The van der Waals surface area contributed by atoms with Gasteiger partial charge in [0.25, 0.3) is 0 Å². The molecular weight excluding hydrogens is 326 g/mol. The van der Waals surface area contributed by atoms with E-state index in [1.54, 1.807) is 0 Å². The number of ether oxygens (including phenoxy) is 1. The Hall–Kier alpha value is -2.90. The third-order valence-electron chi connectivity index (χ3n) is 3.36. The van der Waals surface area contributed by atoms with Crippen molar-refractivity contribution in [3.63, 3.8) is 0 Å². The van der Waals surface area contributed by atoms with Crippen LogP contribution in [0, 0.1) is 0 Å². The van der Waals surface area contributed by atoms with Crippen molar-refractivity contribution in [2.75, 3.05) is 13.7 Å². The van der Waals surface area contributed by atoms with Crippen molar-refractivity contribution in [2.24, 2.45) is 0 Å². The van der Waals surface area contributed by atoms with E-state index in [1.807, 2.05) is 30.3 Å². The Morgan fingerprint density at radius 2 is 1.68 bits per heavy atom. The van der Waals surface area contributed by atoms with Gasteiger partial charge in [-0.2, -0.15) is 0 Å². The molecule has 0 aliphatic rings. The topological polar surface area (TPSA) is 114 Å². The van der Waals surface area contributed by atoms with E-state index >= 15 is 0 Å². The maximum atomic E-state index is 12.3. The molecular formula is C17H23N3O5. The highest BCUT2D eigenvalue weighted by Gasteiger charge is 2.24. The molecule has 136 valence electrons. The Morgan fingerprint density at radius 1 is 1.04 bits per heavy atom. The molecule has 0 unspecified atom stereocenters. The molecule has 1 aromatic carbocycles. The van der Waals surface area contributed by atoms with E-state index in [4.69, 9.17) is 0 Å². The van der Waals surface area contributed by atoms with E-state index in [0.717, 1.165) is 5.56 Å². The molecule has 0 radical (unpaired) electrons. The fraction of sp³-hybridized carbons (Fsp3) is 0.412. The van der Waals surface area contributed by atoms with E-state index in [1.165, 1.54) is 21.0 Å². The van der Waals surface area contributed by atoms with Crippen LogP contribution in [-0.4, -0.2) is 49.4 Å². The second kappa shape index (κ2) is 10.1. The number of hydrogen-bond acceptors (Lipinski definition) is 5. The fourth-order valence-electron chi connectivity index (χ4n) is 2.08. The van der Waals surface area contributed by atoms with Crippen LogP contribution in [0.25, 0.3) is 0 Å². The number of methoxy groups -OCH3 is 1. The zero-order valence-electron chi connectivity index (χ0n) is 14.5. The molecule has 1 aromatic rings. The summed E-state index contributed by atoms with van der Waals surface area (Å²) in [5.41, 5.74) is 0.841. The largest absolute Gasteiger partial charge is 0.468 e. The van der Waals surface area contributed by atoms with Gasteiger partial charge < -0.3 is 20.7 Å². The maximum absolute atomic E-state index is 12.3. The number of hydrogen-bond donors (Lipinski definition) is 3. The summed E-state index contributed by atoms with van der Waals surface area (Å²) in [4.78, 5) is 46.7. The van der Waals surface area contributed by atoms with Crippen molar-refractivity contribution < 1.29 is 23.9 Å². The highest BCUT2D eigenvalue weighted by molar-refractivity contribution is 5.92. The number of amides is 3. The van der Waals surface area contributed by atoms with Crippen LogP contribution in [0.5, 0.6) is 0 Å². The SMILES string of the molecule is COC(=O)CNC(=O)[C@H](Cc1ccccc1)NC(=O)[C@H](C)NC(C)=O. The molecule has 0 fully saturated rings. The number of rotatable bonds is 8. The average Bonchev–Trinajstić information content (AvgIpc) is 2.58. The molecule has 0 spiro atoms. The number of nitrogens with one attached hydrogen (secondary N) is 3. The summed E-state index contributed by atoms with van der Waals surface area (Å²) in [6.07, 6.45) is 0.242. The van der Waals surface area contributed by atoms with Gasteiger partial charge in [-0.1, -0.05) is 30.3 Å². The Kier molecular flexibility index (Phi) is 8.11. The van der Waals surface area contributed by atoms with Crippen LogP contribution in [-0.2, 0) is 30.3 Å². The third kappa shape index (κ3) is 7.47. The van der Waals surface area contributed by atoms with Gasteiger partial charge in [0, 0.05) is 13.3 Å². The smallest absolute Gasteiger partial charge is 0.325 e. The van der Waals surface area contributed by atoms with Crippen LogP contribution in [0.2, 0.25) is 0 Å². The molecule has 0 aliphatic carbocycles. The Balaban J connectivity index is 2.79. The highest BCUT2D eigenvalue weighted by atomic mass is 16.5. The van der Waals surface area contributed by atoms with Crippen LogP contribution < -0.4 is 16.0 Å². The van der Waals surface area contributed by atoms with E-state index in [0.29, 0.717) is 0 Å². The normalized spacial score (nSPS) is 12.4. The molecule has 0 aromatic heterocycles. The molecule has 1 rings (SSSR count). The second-order valence-corrected chi connectivity index (χ2v) is 5.47. The van der Waals surface area contributed by atoms with Gasteiger partial charge in [0.1, 0.15) is 18.6 Å². The van der Waals surface area contributed by atoms with Crippen molar-refractivity contribution in [1.29, 1.82) is 0 Å². The molecule has 2 atom stereocenters. The van der Waals surface area contributed by atoms with Crippen LogP contribution >= 0.6 is 0 Å². The van der Waals surface area contributed by atoms with Crippen LogP contribution in [0.4, 0.5) is 0 Å². The fourth-order valence-corrected chi connectivity index (χ4v) is 2.08. The van der Waals surface area contributed by atoms with Crippen LogP contribution in [0.1, 0.15) is 19.4 Å². The molecule has 8 heteroatoms. The van der Waals surface area contributed by atoms with Crippen molar-refractivity contribution in [2.45, 2.75) is 32.4 Å². The molecule has 8 nitrogen and oxygen atoms in total. The van der Waals surface area contributed by atoms with Crippen molar-refractivity contribution >= 4 is 23.7 Å². The van der Waals surface area contributed by atoms with E-state index in [9.17, 15) is 19.2 Å². The van der Waals surface area contributed by atoms with Gasteiger partial charge in [0.05, 0.1) is 7.11 Å². The lowest BCUT2D eigenvalue weighted by Crippen LogP contribution is -2.53. The van der Waals surface area contributed by atoms with E-state index < -0.39 is 29.9 Å². The lowest BCUT2D eigenvalue weighted by atomic mass is 10.0. The molecule has 0 saturated carbocycles. The Bertz CT molecular complexity index is 618. The molecule has 0 bridgehead atoms. The first-order valence-corrected chi connectivity index (χ1v) is 7.79. The molecule has 25 heavy (non-hydrogen) atoms. The van der Waals surface area contributed by atoms with E-state index in [-0.39, 0.29) is 18.9 Å². The summed E-state index contributed by atoms with van der Waals surface area (Å²) in [5, 5.41) is 7.47. The summed E-state index contributed by atoms with van der Waals surface area (Å²) in [5.74, 6) is -1.95. The quantitative estimate of drug-likeness (QED) is 0.549. The summed E-state index contributed by atoms with van der Waals surface area (Å²) in [7, 11) is 1.22. The predicted octanol–water partition coefficient (Wildman–Crippen LogP) is -0.472. The Morgan fingerprint density at radius 3 is 2.24 bits per heavy atom. The highest BCUT2D eigenvalue weighted by Crippen LogP contribution is 2.04.